The van der Waals surface area contributed by atoms with E-state index in [-0.39, 0.29) is 17.9 Å². The lowest BCUT2D eigenvalue weighted by molar-refractivity contribution is -0.709. The quantitative estimate of drug-likeness (QED) is 0.612. The van der Waals surface area contributed by atoms with Crippen LogP contribution in [-0.2, 0) is 4.74 Å². The second kappa shape index (κ2) is 7.85. The number of H-pyrrole nitrogens is 1. The Morgan fingerprint density at radius 1 is 1.16 bits per heavy atom. The summed E-state index contributed by atoms with van der Waals surface area (Å²) in [5, 5.41) is 2.69. The highest BCUT2D eigenvalue weighted by atomic mass is 35.5. The largest absolute Gasteiger partial charge is 0.465 e. The smallest absolute Gasteiger partial charge is 0.339 e. The zero-order chi connectivity index (χ0) is 18.7. The van der Waals surface area contributed by atoms with Crippen LogP contribution in [0.2, 0.25) is 5.02 Å². The molecule has 6 heteroatoms. The summed E-state index contributed by atoms with van der Waals surface area (Å²) in [6, 6.07) is 7.41. The molecule has 0 aliphatic carbocycles. The Labute approximate surface area is 152 Å². The number of methoxy groups -OCH3 is 1. The maximum atomic E-state index is 12.8. The van der Waals surface area contributed by atoms with E-state index in [4.69, 9.17) is 16.3 Å². The van der Waals surface area contributed by atoms with Crippen LogP contribution >= 0.6 is 11.6 Å². The van der Waals surface area contributed by atoms with Crippen LogP contribution in [0.1, 0.15) is 57.6 Å². The van der Waals surface area contributed by atoms with Gasteiger partial charge in [0.2, 0.25) is 5.78 Å². The molecule has 2 atom stereocenters. The van der Waals surface area contributed by atoms with Gasteiger partial charge in [0.15, 0.2) is 0 Å². The highest BCUT2D eigenvalue weighted by Gasteiger charge is 2.28. The van der Waals surface area contributed by atoms with Crippen LogP contribution in [0.25, 0.3) is 0 Å². The zero-order valence-corrected chi connectivity index (χ0v) is 15.9. The molecule has 0 spiro atoms. The maximum Gasteiger partial charge on any atom is 0.339 e. The highest BCUT2D eigenvalue weighted by molar-refractivity contribution is 6.30. The monoisotopic (exact) mass is 363 g/mol. The first-order chi connectivity index (χ1) is 11.8. The molecule has 5 nitrogen and oxygen atoms in total. The molecule has 0 amide bonds. The molecule has 1 aromatic heterocycles. The first kappa shape index (κ1) is 19.2. The predicted molar refractivity (Wildman–Crippen MR) is 97.2 cm³/mol. The fourth-order valence-corrected chi connectivity index (χ4v) is 3.16. The number of quaternary nitrogens is 1. The van der Waals surface area contributed by atoms with Gasteiger partial charge in [0.05, 0.1) is 18.4 Å². The van der Waals surface area contributed by atoms with Gasteiger partial charge in [-0.25, -0.2) is 4.79 Å². The average molecular weight is 364 g/mol. The standard InChI is InChI=1S/C19H23ClN2O3/c1-10-16(19(24)25-5)12(3)22-17(10)18(23)13(4)21-11(2)14-6-8-15(20)9-7-14/h6-9,11,13,21-22H,1-5H3/p+1/t11-,13-/m0/s1. The van der Waals surface area contributed by atoms with Gasteiger partial charge < -0.3 is 15.0 Å². The van der Waals surface area contributed by atoms with Gasteiger partial charge in [-0.05, 0) is 45.4 Å². The fourth-order valence-electron chi connectivity index (χ4n) is 3.03. The number of Topliss-reactive ketones (excluding diaryl/α,β-unsaturated/α-hetero) is 1. The molecule has 0 aliphatic heterocycles. The van der Waals surface area contributed by atoms with Crippen LogP contribution < -0.4 is 5.32 Å². The van der Waals surface area contributed by atoms with Crippen molar-refractivity contribution in [3.8, 4) is 0 Å². The van der Waals surface area contributed by atoms with E-state index in [1.165, 1.54) is 7.11 Å². The molecule has 1 heterocycles. The van der Waals surface area contributed by atoms with Gasteiger partial charge in [0, 0.05) is 16.3 Å². The minimum absolute atomic E-state index is 0.0448. The lowest BCUT2D eigenvalue weighted by Gasteiger charge is -2.16. The Morgan fingerprint density at radius 2 is 1.76 bits per heavy atom. The first-order valence-electron chi connectivity index (χ1n) is 8.18. The second-order valence-electron chi connectivity index (χ2n) is 6.30. The number of hydrogen-bond donors (Lipinski definition) is 2. The summed E-state index contributed by atoms with van der Waals surface area (Å²) >= 11 is 5.92. The second-order valence-corrected chi connectivity index (χ2v) is 6.74. The average Bonchev–Trinajstić information content (AvgIpc) is 2.88. The fraction of sp³-hybridized carbons (Fsp3) is 0.368. The lowest BCUT2D eigenvalue weighted by Crippen LogP contribution is -2.91. The van der Waals surface area contributed by atoms with Crippen LogP contribution in [0.5, 0.6) is 0 Å². The van der Waals surface area contributed by atoms with Crippen molar-refractivity contribution in [2.75, 3.05) is 7.11 Å². The third kappa shape index (κ3) is 4.11. The Kier molecular flexibility index (Phi) is 6.03. The molecule has 0 bridgehead atoms. The van der Waals surface area contributed by atoms with Gasteiger partial charge in [0.25, 0.3) is 0 Å². The topological polar surface area (TPSA) is 75.8 Å². The maximum absolute atomic E-state index is 12.8. The number of ether oxygens (including phenoxy) is 1. The first-order valence-corrected chi connectivity index (χ1v) is 8.56. The van der Waals surface area contributed by atoms with Gasteiger partial charge in [0.1, 0.15) is 12.1 Å². The molecule has 0 aliphatic rings. The number of hydrogen-bond acceptors (Lipinski definition) is 3. The molecule has 0 fully saturated rings. The SMILES string of the molecule is COC(=O)c1c(C)[nH]c(C(=O)[C@H](C)[NH2+][C@@H](C)c2ccc(Cl)cc2)c1C. The van der Waals surface area contributed by atoms with Gasteiger partial charge >= 0.3 is 5.97 Å². The van der Waals surface area contributed by atoms with E-state index in [2.05, 4.69) is 4.98 Å². The Morgan fingerprint density at radius 3 is 2.32 bits per heavy atom. The molecule has 0 radical (unpaired) electrons. The normalized spacial score (nSPS) is 13.4. The van der Waals surface area contributed by atoms with Crippen molar-refractivity contribution in [2.45, 2.75) is 39.8 Å². The van der Waals surface area contributed by atoms with Crippen LogP contribution in [0, 0.1) is 13.8 Å². The third-order valence-electron chi connectivity index (χ3n) is 4.46. The summed E-state index contributed by atoms with van der Waals surface area (Å²) in [6.45, 7) is 7.43. The van der Waals surface area contributed by atoms with Gasteiger partial charge in [-0.15, -0.1) is 0 Å². The zero-order valence-electron chi connectivity index (χ0n) is 15.1. The van der Waals surface area contributed by atoms with Gasteiger partial charge in [-0.3, -0.25) is 4.79 Å². The van der Waals surface area contributed by atoms with Crippen molar-refractivity contribution >= 4 is 23.4 Å². The molecular formula is C19H24ClN2O3+. The van der Waals surface area contributed by atoms with Crippen molar-refractivity contribution in [2.24, 2.45) is 0 Å². The molecule has 134 valence electrons. The van der Waals surface area contributed by atoms with E-state index >= 15 is 0 Å². The number of carbonyl (C=O) groups excluding carboxylic acids is 2. The summed E-state index contributed by atoms with van der Waals surface area (Å²) < 4.78 is 4.79. The number of aromatic amines is 1. The van der Waals surface area contributed by atoms with Crippen molar-refractivity contribution in [1.82, 2.24) is 4.98 Å². The summed E-state index contributed by atoms with van der Waals surface area (Å²) in [7, 11) is 1.33. The number of nitrogens with one attached hydrogen (secondary N) is 1. The Hall–Kier alpha value is -2.11. The van der Waals surface area contributed by atoms with E-state index < -0.39 is 5.97 Å². The minimum atomic E-state index is -0.434. The summed E-state index contributed by atoms with van der Waals surface area (Å²) in [5.41, 5.74) is 3.27. The van der Waals surface area contributed by atoms with E-state index in [9.17, 15) is 9.59 Å². The van der Waals surface area contributed by atoms with Crippen LogP contribution in [0.4, 0.5) is 0 Å². The van der Waals surface area contributed by atoms with Crippen LogP contribution in [-0.4, -0.2) is 29.9 Å². The molecule has 2 rings (SSSR count). The molecule has 0 unspecified atom stereocenters. The lowest BCUT2D eigenvalue weighted by atomic mass is 10.0. The third-order valence-corrected chi connectivity index (χ3v) is 4.71. The van der Waals surface area contributed by atoms with Crippen LogP contribution in [0.15, 0.2) is 24.3 Å². The number of aromatic nitrogens is 1. The van der Waals surface area contributed by atoms with E-state index in [0.717, 1.165) is 5.56 Å². The molecule has 25 heavy (non-hydrogen) atoms. The number of nitrogens with two attached hydrogens (primary N) is 1. The minimum Gasteiger partial charge on any atom is -0.465 e. The number of rotatable bonds is 6. The number of carbonyl (C=O) groups is 2. The predicted octanol–water partition coefficient (Wildman–Crippen LogP) is 2.97. The van der Waals surface area contributed by atoms with Crippen molar-refractivity contribution in [3.05, 3.63) is 57.4 Å². The Balaban J connectivity index is 2.17. The summed E-state index contributed by atoms with van der Waals surface area (Å²) in [6.07, 6.45) is 0. The number of aryl methyl sites for hydroxylation is 1. The molecule has 1 aromatic carbocycles. The summed E-state index contributed by atoms with van der Waals surface area (Å²) in [4.78, 5) is 27.7. The number of esters is 1. The van der Waals surface area contributed by atoms with Crippen LogP contribution in [0.3, 0.4) is 0 Å². The molecule has 3 N–H and O–H groups in total. The number of halogens is 1. The molecule has 2 aromatic rings. The van der Waals surface area contributed by atoms with Crippen molar-refractivity contribution < 1.29 is 19.6 Å². The Bertz CT molecular complexity index is 781. The van der Waals surface area contributed by atoms with Crippen molar-refractivity contribution in [3.63, 3.8) is 0 Å². The summed E-state index contributed by atoms with van der Waals surface area (Å²) in [5.74, 6) is -0.479. The van der Waals surface area contributed by atoms with Gasteiger partial charge in [-0.2, -0.15) is 0 Å². The van der Waals surface area contributed by atoms with Gasteiger partial charge in [-0.1, -0.05) is 23.7 Å². The van der Waals surface area contributed by atoms with E-state index in [1.807, 2.05) is 43.4 Å². The van der Waals surface area contributed by atoms with E-state index in [0.29, 0.717) is 27.5 Å². The molecule has 0 saturated heterocycles. The number of benzene rings is 1. The van der Waals surface area contributed by atoms with Crippen molar-refractivity contribution in [1.29, 1.82) is 0 Å². The van der Waals surface area contributed by atoms with E-state index in [1.54, 1.807) is 13.8 Å². The molecular weight excluding hydrogens is 340 g/mol. The molecule has 0 saturated carbocycles. The highest BCUT2D eigenvalue weighted by Crippen LogP contribution is 2.20. The number of ketones is 1.